The first kappa shape index (κ1) is 11.5. The summed E-state index contributed by atoms with van der Waals surface area (Å²) in [4.78, 5) is 18.3. The van der Waals surface area contributed by atoms with Gasteiger partial charge in [0.25, 0.3) is 5.56 Å². The number of para-hydroxylation sites is 1. The Hall–Kier alpha value is -2.61. The minimum Gasteiger partial charge on any atom is -0.310 e. The Morgan fingerprint density at radius 1 is 1.32 bits per heavy atom. The predicted molar refractivity (Wildman–Crippen MR) is 71.4 cm³/mol. The molecule has 1 aromatic heterocycles. The van der Waals surface area contributed by atoms with E-state index >= 15 is 0 Å². The van der Waals surface area contributed by atoms with E-state index in [4.69, 9.17) is 5.26 Å². The number of nitriles is 1. The van der Waals surface area contributed by atoms with Gasteiger partial charge in [-0.15, -0.1) is 0 Å². The van der Waals surface area contributed by atoms with Crippen LogP contribution in [0.25, 0.3) is 0 Å². The van der Waals surface area contributed by atoms with Gasteiger partial charge in [-0.05, 0) is 18.6 Å². The maximum atomic E-state index is 12.0. The zero-order valence-electron chi connectivity index (χ0n) is 10.5. The number of rotatable bonds is 1. The van der Waals surface area contributed by atoms with Crippen molar-refractivity contribution in [2.75, 3.05) is 11.4 Å². The van der Waals surface area contributed by atoms with E-state index in [1.54, 1.807) is 4.57 Å². The maximum absolute atomic E-state index is 12.0. The number of nitrogens with zero attached hydrogens (tertiary/aromatic N) is 4. The van der Waals surface area contributed by atoms with Crippen LogP contribution >= 0.6 is 0 Å². The number of hydrogen-bond donors (Lipinski definition) is 0. The molecule has 0 bridgehead atoms. The van der Waals surface area contributed by atoms with E-state index in [0.29, 0.717) is 19.0 Å². The van der Waals surface area contributed by atoms with Crippen molar-refractivity contribution in [2.45, 2.75) is 13.5 Å². The van der Waals surface area contributed by atoms with Crippen molar-refractivity contribution >= 4 is 11.6 Å². The summed E-state index contributed by atoms with van der Waals surface area (Å²) in [6, 6.07) is 9.86. The fraction of sp³-hybridized carbons (Fsp3) is 0.214. The first-order valence-electron chi connectivity index (χ1n) is 6.05. The maximum Gasteiger partial charge on any atom is 0.272 e. The van der Waals surface area contributed by atoms with E-state index in [2.05, 4.69) is 4.98 Å². The summed E-state index contributed by atoms with van der Waals surface area (Å²) in [7, 11) is 0. The molecule has 5 nitrogen and oxygen atoms in total. The molecule has 0 amide bonds. The van der Waals surface area contributed by atoms with Crippen LogP contribution in [0.4, 0.5) is 11.6 Å². The third-order valence-corrected chi connectivity index (χ3v) is 3.34. The molecule has 1 aliphatic rings. The minimum atomic E-state index is -0.261. The van der Waals surface area contributed by atoms with Crippen molar-refractivity contribution in [2.24, 2.45) is 0 Å². The highest BCUT2D eigenvalue weighted by atomic mass is 16.1. The van der Waals surface area contributed by atoms with E-state index in [0.717, 1.165) is 11.3 Å². The topological polar surface area (TPSA) is 61.9 Å². The lowest BCUT2D eigenvalue weighted by Crippen LogP contribution is -2.22. The summed E-state index contributed by atoms with van der Waals surface area (Å²) in [5.41, 5.74) is 2.01. The Bertz CT molecular complexity index is 742. The van der Waals surface area contributed by atoms with E-state index in [9.17, 15) is 4.79 Å². The van der Waals surface area contributed by atoms with Crippen molar-refractivity contribution in [1.29, 1.82) is 5.26 Å². The fourth-order valence-electron chi connectivity index (χ4n) is 2.37. The minimum absolute atomic E-state index is 0.0929. The summed E-state index contributed by atoms with van der Waals surface area (Å²) in [6.07, 6.45) is 1.35. The normalized spacial score (nSPS) is 13.2. The van der Waals surface area contributed by atoms with E-state index in [-0.39, 0.29) is 11.1 Å². The van der Waals surface area contributed by atoms with Gasteiger partial charge in [-0.3, -0.25) is 9.36 Å². The van der Waals surface area contributed by atoms with E-state index in [1.165, 1.54) is 6.20 Å². The number of aromatic nitrogens is 2. The highest BCUT2D eigenvalue weighted by Gasteiger charge is 2.24. The number of aryl methyl sites for hydroxylation is 1. The Kier molecular flexibility index (Phi) is 2.57. The number of benzene rings is 1. The van der Waals surface area contributed by atoms with Crippen LogP contribution in [-0.2, 0) is 6.54 Å². The van der Waals surface area contributed by atoms with Crippen molar-refractivity contribution in [3.8, 4) is 6.07 Å². The monoisotopic (exact) mass is 252 g/mol. The molecule has 0 fully saturated rings. The molecule has 0 unspecified atom stereocenters. The van der Waals surface area contributed by atoms with Gasteiger partial charge in [-0.25, -0.2) is 4.98 Å². The van der Waals surface area contributed by atoms with Gasteiger partial charge in [0, 0.05) is 18.8 Å². The average Bonchev–Trinajstić information content (AvgIpc) is 2.84. The van der Waals surface area contributed by atoms with Crippen LogP contribution in [0.15, 0.2) is 35.3 Å². The fourth-order valence-corrected chi connectivity index (χ4v) is 2.37. The molecule has 1 aliphatic heterocycles. The number of fused-ring (bicyclic) bond motifs is 1. The standard InChI is InChI=1S/C14H12N4O/c1-10-4-2-3-5-12(10)17-6-7-18-13(19)11(8-15)9-16-14(17)18/h2-5,9H,6-7H2,1H3. The van der Waals surface area contributed by atoms with Crippen LogP contribution in [0.5, 0.6) is 0 Å². The van der Waals surface area contributed by atoms with Gasteiger partial charge in [-0.2, -0.15) is 5.26 Å². The zero-order valence-corrected chi connectivity index (χ0v) is 10.5. The molecule has 0 radical (unpaired) electrons. The summed E-state index contributed by atoms with van der Waals surface area (Å²) in [5.74, 6) is 0.610. The number of anilines is 2. The largest absolute Gasteiger partial charge is 0.310 e. The smallest absolute Gasteiger partial charge is 0.272 e. The van der Waals surface area contributed by atoms with Gasteiger partial charge in [0.05, 0.1) is 6.20 Å². The van der Waals surface area contributed by atoms with Gasteiger partial charge in [-0.1, -0.05) is 18.2 Å². The third kappa shape index (κ3) is 1.69. The molecule has 5 heteroatoms. The Labute approximate surface area is 110 Å². The van der Waals surface area contributed by atoms with Crippen LogP contribution in [-0.4, -0.2) is 16.1 Å². The Morgan fingerprint density at radius 2 is 2.11 bits per heavy atom. The first-order chi connectivity index (χ1) is 9.22. The highest BCUT2D eigenvalue weighted by molar-refractivity contribution is 5.63. The zero-order chi connectivity index (χ0) is 13.4. The molecule has 0 saturated carbocycles. The SMILES string of the molecule is Cc1ccccc1N1CCn2c1ncc(C#N)c2=O. The lowest BCUT2D eigenvalue weighted by atomic mass is 10.2. The van der Waals surface area contributed by atoms with Crippen LogP contribution in [0.1, 0.15) is 11.1 Å². The van der Waals surface area contributed by atoms with Gasteiger partial charge >= 0.3 is 0 Å². The summed E-state index contributed by atoms with van der Waals surface area (Å²) in [5, 5.41) is 8.86. The van der Waals surface area contributed by atoms with Crippen molar-refractivity contribution < 1.29 is 0 Å². The highest BCUT2D eigenvalue weighted by Crippen LogP contribution is 2.29. The Balaban J connectivity index is 2.15. The molecular weight excluding hydrogens is 240 g/mol. The van der Waals surface area contributed by atoms with Gasteiger partial charge < -0.3 is 4.90 Å². The van der Waals surface area contributed by atoms with Crippen molar-refractivity contribution in [1.82, 2.24) is 9.55 Å². The van der Waals surface area contributed by atoms with Gasteiger partial charge in [0.15, 0.2) is 0 Å². The molecule has 94 valence electrons. The van der Waals surface area contributed by atoms with Crippen molar-refractivity contribution in [3.05, 3.63) is 51.9 Å². The van der Waals surface area contributed by atoms with Crippen LogP contribution in [0, 0.1) is 18.3 Å². The lowest BCUT2D eigenvalue weighted by Gasteiger charge is -2.19. The van der Waals surface area contributed by atoms with Gasteiger partial charge in [0.2, 0.25) is 5.95 Å². The summed E-state index contributed by atoms with van der Waals surface area (Å²) >= 11 is 0. The second-order valence-electron chi connectivity index (χ2n) is 4.48. The molecule has 2 heterocycles. The Morgan fingerprint density at radius 3 is 2.84 bits per heavy atom. The third-order valence-electron chi connectivity index (χ3n) is 3.34. The van der Waals surface area contributed by atoms with Crippen LogP contribution in [0.2, 0.25) is 0 Å². The molecular formula is C14H12N4O. The van der Waals surface area contributed by atoms with Crippen molar-refractivity contribution in [3.63, 3.8) is 0 Å². The van der Waals surface area contributed by atoms with Gasteiger partial charge in [0.1, 0.15) is 11.6 Å². The van der Waals surface area contributed by atoms with Crippen LogP contribution < -0.4 is 10.5 Å². The second kappa shape index (κ2) is 4.25. The molecule has 0 aliphatic carbocycles. The molecule has 0 atom stereocenters. The number of hydrogen-bond acceptors (Lipinski definition) is 4. The quantitative estimate of drug-likeness (QED) is 0.773. The molecule has 3 rings (SSSR count). The molecule has 0 spiro atoms. The summed E-state index contributed by atoms with van der Waals surface area (Å²) in [6.45, 7) is 3.28. The summed E-state index contributed by atoms with van der Waals surface area (Å²) < 4.78 is 1.56. The molecule has 0 saturated heterocycles. The molecule has 0 N–H and O–H groups in total. The molecule has 1 aromatic carbocycles. The lowest BCUT2D eigenvalue weighted by molar-refractivity contribution is 0.755. The van der Waals surface area contributed by atoms with Crippen LogP contribution in [0.3, 0.4) is 0 Å². The second-order valence-corrected chi connectivity index (χ2v) is 4.48. The molecule has 2 aromatic rings. The first-order valence-corrected chi connectivity index (χ1v) is 6.05. The van der Waals surface area contributed by atoms with E-state index < -0.39 is 0 Å². The molecule has 19 heavy (non-hydrogen) atoms. The predicted octanol–water partition coefficient (Wildman–Crippen LogP) is 1.58. The van der Waals surface area contributed by atoms with E-state index in [1.807, 2.05) is 42.2 Å². The average molecular weight is 252 g/mol.